The molecule has 1 aliphatic rings. The standard InChI is InChI=1S/C23H28N2O3/c1-2-24-23(27)18-8-6-9-19(16-18)25-22(26)14-13-17-7-5-12-21(15-17)28-20-10-3-4-11-20/h5-9,12,15-16,20H,2-4,10-11,13-14H2,1H3,(H,24,27)(H,25,26). The van der Waals surface area contributed by atoms with Crippen molar-refractivity contribution in [1.82, 2.24) is 5.32 Å². The molecule has 2 aromatic carbocycles. The smallest absolute Gasteiger partial charge is 0.251 e. The summed E-state index contributed by atoms with van der Waals surface area (Å²) in [5.41, 5.74) is 2.25. The van der Waals surface area contributed by atoms with Gasteiger partial charge in [-0.15, -0.1) is 0 Å². The summed E-state index contributed by atoms with van der Waals surface area (Å²) >= 11 is 0. The van der Waals surface area contributed by atoms with Crippen molar-refractivity contribution in [3.63, 3.8) is 0 Å². The third-order valence-corrected chi connectivity index (χ3v) is 4.89. The van der Waals surface area contributed by atoms with Crippen molar-refractivity contribution in [2.24, 2.45) is 0 Å². The quantitative estimate of drug-likeness (QED) is 0.716. The van der Waals surface area contributed by atoms with E-state index in [0.717, 1.165) is 24.2 Å². The monoisotopic (exact) mass is 380 g/mol. The lowest BCUT2D eigenvalue weighted by molar-refractivity contribution is -0.116. The summed E-state index contributed by atoms with van der Waals surface area (Å²) in [7, 11) is 0. The molecule has 0 unspecified atom stereocenters. The molecule has 2 amide bonds. The molecule has 0 aromatic heterocycles. The number of anilines is 1. The zero-order chi connectivity index (χ0) is 19.8. The maximum atomic E-state index is 12.3. The Bertz CT molecular complexity index is 813. The number of hydrogen-bond donors (Lipinski definition) is 2. The Balaban J connectivity index is 1.51. The van der Waals surface area contributed by atoms with Gasteiger partial charge in [-0.25, -0.2) is 0 Å². The molecule has 5 heteroatoms. The average Bonchev–Trinajstić information content (AvgIpc) is 3.20. The van der Waals surface area contributed by atoms with Crippen LogP contribution >= 0.6 is 0 Å². The summed E-state index contributed by atoms with van der Waals surface area (Å²) in [6.07, 6.45) is 6.08. The molecule has 1 aliphatic carbocycles. The molecule has 0 radical (unpaired) electrons. The Hall–Kier alpha value is -2.82. The van der Waals surface area contributed by atoms with Gasteiger partial charge in [0.05, 0.1) is 6.10 Å². The first kappa shape index (κ1) is 19.9. The predicted octanol–water partition coefficient (Wildman–Crippen LogP) is 4.33. The van der Waals surface area contributed by atoms with Gasteiger partial charge in [0.2, 0.25) is 5.91 Å². The third kappa shape index (κ3) is 5.84. The van der Waals surface area contributed by atoms with Gasteiger partial charge < -0.3 is 15.4 Å². The fourth-order valence-electron chi connectivity index (χ4n) is 3.46. The number of amides is 2. The van der Waals surface area contributed by atoms with E-state index in [1.807, 2.05) is 31.2 Å². The first-order valence-electron chi connectivity index (χ1n) is 10.1. The highest BCUT2D eigenvalue weighted by atomic mass is 16.5. The predicted molar refractivity (Wildman–Crippen MR) is 111 cm³/mol. The molecule has 1 fully saturated rings. The van der Waals surface area contributed by atoms with Crippen LogP contribution in [0.5, 0.6) is 5.75 Å². The average molecular weight is 380 g/mol. The molecule has 0 atom stereocenters. The van der Waals surface area contributed by atoms with E-state index >= 15 is 0 Å². The fourth-order valence-corrected chi connectivity index (χ4v) is 3.46. The molecule has 0 saturated heterocycles. The topological polar surface area (TPSA) is 67.4 Å². The van der Waals surface area contributed by atoms with Crippen LogP contribution < -0.4 is 15.4 Å². The van der Waals surface area contributed by atoms with Gasteiger partial charge in [-0.3, -0.25) is 9.59 Å². The van der Waals surface area contributed by atoms with Crippen LogP contribution in [0.15, 0.2) is 48.5 Å². The third-order valence-electron chi connectivity index (χ3n) is 4.89. The molecule has 1 saturated carbocycles. The number of carbonyl (C=O) groups is 2. The molecule has 0 bridgehead atoms. The minimum atomic E-state index is -0.141. The van der Waals surface area contributed by atoms with Crippen LogP contribution in [-0.2, 0) is 11.2 Å². The molecule has 2 N–H and O–H groups in total. The van der Waals surface area contributed by atoms with Gasteiger partial charge in [0.15, 0.2) is 0 Å². The van der Waals surface area contributed by atoms with Gasteiger partial charge in [-0.1, -0.05) is 18.2 Å². The molecule has 28 heavy (non-hydrogen) atoms. The van der Waals surface area contributed by atoms with Crippen LogP contribution in [-0.4, -0.2) is 24.5 Å². The van der Waals surface area contributed by atoms with Crippen molar-refractivity contribution in [2.75, 3.05) is 11.9 Å². The van der Waals surface area contributed by atoms with Crippen molar-refractivity contribution in [2.45, 2.75) is 51.6 Å². The SMILES string of the molecule is CCNC(=O)c1cccc(NC(=O)CCc2cccc(OC3CCCC3)c2)c1. The second-order valence-corrected chi connectivity index (χ2v) is 7.16. The van der Waals surface area contributed by atoms with E-state index in [2.05, 4.69) is 10.6 Å². The van der Waals surface area contributed by atoms with Crippen molar-refractivity contribution in [3.05, 3.63) is 59.7 Å². The van der Waals surface area contributed by atoms with Gasteiger partial charge >= 0.3 is 0 Å². The number of rotatable bonds is 8. The lowest BCUT2D eigenvalue weighted by Gasteiger charge is -2.14. The van der Waals surface area contributed by atoms with Crippen molar-refractivity contribution in [1.29, 1.82) is 0 Å². The van der Waals surface area contributed by atoms with E-state index in [1.165, 1.54) is 12.8 Å². The number of hydrogen-bond acceptors (Lipinski definition) is 3. The van der Waals surface area contributed by atoms with Crippen LogP contribution in [0.4, 0.5) is 5.69 Å². The van der Waals surface area contributed by atoms with Gasteiger partial charge in [0.1, 0.15) is 5.75 Å². The summed E-state index contributed by atoms with van der Waals surface area (Å²) in [6, 6.07) is 15.0. The summed E-state index contributed by atoms with van der Waals surface area (Å²) < 4.78 is 6.04. The molecule has 3 rings (SSSR count). The largest absolute Gasteiger partial charge is 0.490 e. The second-order valence-electron chi connectivity index (χ2n) is 7.16. The Kier molecular flexibility index (Phi) is 7.06. The number of ether oxygens (including phenoxy) is 1. The Morgan fingerprint density at radius 3 is 2.64 bits per heavy atom. The zero-order valence-corrected chi connectivity index (χ0v) is 16.4. The summed E-state index contributed by atoms with van der Waals surface area (Å²) in [4.78, 5) is 24.2. The van der Waals surface area contributed by atoms with E-state index in [4.69, 9.17) is 4.74 Å². The highest BCUT2D eigenvalue weighted by Gasteiger charge is 2.16. The van der Waals surface area contributed by atoms with E-state index in [9.17, 15) is 9.59 Å². The molecule has 148 valence electrons. The van der Waals surface area contributed by atoms with Crippen LogP contribution in [0.25, 0.3) is 0 Å². The van der Waals surface area contributed by atoms with E-state index in [0.29, 0.717) is 36.7 Å². The van der Waals surface area contributed by atoms with Gasteiger partial charge in [0.25, 0.3) is 5.91 Å². The molecule has 0 aliphatic heterocycles. The molecule has 0 spiro atoms. The van der Waals surface area contributed by atoms with E-state index in [1.54, 1.807) is 24.3 Å². The second kappa shape index (κ2) is 9.93. The fraction of sp³-hybridized carbons (Fsp3) is 0.391. The number of aryl methyl sites for hydroxylation is 1. The maximum Gasteiger partial charge on any atom is 0.251 e. The highest BCUT2D eigenvalue weighted by Crippen LogP contribution is 2.25. The highest BCUT2D eigenvalue weighted by molar-refractivity contribution is 5.97. The Morgan fingerprint density at radius 1 is 1.07 bits per heavy atom. The van der Waals surface area contributed by atoms with Crippen molar-refractivity contribution >= 4 is 17.5 Å². The summed E-state index contributed by atoms with van der Waals surface area (Å²) in [5, 5.41) is 5.63. The van der Waals surface area contributed by atoms with Gasteiger partial charge in [-0.05, 0) is 74.9 Å². The van der Waals surface area contributed by atoms with Crippen LogP contribution in [0.1, 0.15) is 54.9 Å². The lowest BCUT2D eigenvalue weighted by atomic mass is 10.1. The normalized spacial score (nSPS) is 13.9. The van der Waals surface area contributed by atoms with Crippen LogP contribution in [0.2, 0.25) is 0 Å². The van der Waals surface area contributed by atoms with Crippen molar-refractivity contribution in [3.8, 4) is 5.75 Å². The van der Waals surface area contributed by atoms with Gasteiger partial charge in [0, 0.05) is 24.2 Å². The minimum absolute atomic E-state index is 0.0739. The molecular weight excluding hydrogens is 352 g/mol. The van der Waals surface area contributed by atoms with Crippen molar-refractivity contribution < 1.29 is 14.3 Å². The first-order chi connectivity index (χ1) is 13.6. The van der Waals surface area contributed by atoms with Crippen LogP contribution in [0.3, 0.4) is 0 Å². The van der Waals surface area contributed by atoms with Gasteiger partial charge in [-0.2, -0.15) is 0 Å². The van der Waals surface area contributed by atoms with E-state index in [-0.39, 0.29) is 11.8 Å². The molecule has 0 heterocycles. The number of carbonyl (C=O) groups excluding carboxylic acids is 2. The molecule has 5 nitrogen and oxygen atoms in total. The minimum Gasteiger partial charge on any atom is -0.490 e. The Labute approximate surface area is 166 Å². The van der Waals surface area contributed by atoms with Crippen LogP contribution in [0, 0.1) is 0 Å². The number of nitrogens with one attached hydrogen (secondary N) is 2. The molecule has 2 aromatic rings. The molecular formula is C23H28N2O3. The maximum absolute atomic E-state index is 12.3. The van der Waals surface area contributed by atoms with E-state index < -0.39 is 0 Å². The summed E-state index contributed by atoms with van der Waals surface area (Å²) in [5.74, 6) is 0.673. The summed E-state index contributed by atoms with van der Waals surface area (Å²) in [6.45, 7) is 2.44. The first-order valence-corrected chi connectivity index (χ1v) is 10.1. The Morgan fingerprint density at radius 2 is 1.86 bits per heavy atom. The number of benzene rings is 2. The zero-order valence-electron chi connectivity index (χ0n) is 16.4. The lowest BCUT2D eigenvalue weighted by Crippen LogP contribution is -2.22.